The van der Waals surface area contributed by atoms with E-state index < -0.39 is 0 Å². The molecule has 5 nitrogen and oxygen atoms in total. The number of anilines is 1. The predicted molar refractivity (Wildman–Crippen MR) is 145 cm³/mol. The van der Waals surface area contributed by atoms with Crippen LogP contribution in [0.1, 0.15) is 16.7 Å². The Morgan fingerprint density at radius 2 is 1.71 bits per heavy atom. The number of thioether (sulfide) groups is 1. The molecule has 0 spiro atoms. The van der Waals surface area contributed by atoms with Crippen molar-refractivity contribution in [2.45, 2.75) is 13.5 Å². The second-order valence-corrected chi connectivity index (χ2v) is 10.0. The normalized spacial score (nSPS) is 17.1. The van der Waals surface area contributed by atoms with Crippen molar-refractivity contribution in [3.05, 3.63) is 99.4 Å². The molecule has 0 aromatic heterocycles. The summed E-state index contributed by atoms with van der Waals surface area (Å²) in [6.07, 6.45) is 1.89. The third-order valence-corrected chi connectivity index (χ3v) is 7.33. The molecule has 178 valence electrons. The number of halogens is 1. The van der Waals surface area contributed by atoms with Gasteiger partial charge in [0.25, 0.3) is 5.91 Å². The molecule has 2 aliphatic heterocycles. The van der Waals surface area contributed by atoms with E-state index in [-0.39, 0.29) is 5.91 Å². The van der Waals surface area contributed by atoms with E-state index in [2.05, 4.69) is 52.0 Å². The highest BCUT2D eigenvalue weighted by Crippen LogP contribution is 2.33. The first kappa shape index (κ1) is 23.5. The lowest BCUT2D eigenvalue weighted by Crippen LogP contribution is -2.47. The number of rotatable bonds is 5. The number of carbonyl (C=O) groups is 1. The highest BCUT2D eigenvalue weighted by Gasteiger charge is 2.28. The average molecular weight is 504 g/mol. The van der Waals surface area contributed by atoms with Crippen molar-refractivity contribution >= 4 is 46.2 Å². The summed E-state index contributed by atoms with van der Waals surface area (Å²) >= 11 is 7.59. The van der Waals surface area contributed by atoms with E-state index in [0.29, 0.717) is 11.5 Å². The molecular weight excluding hydrogens is 478 g/mol. The monoisotopic (exact) mass is 503 g/mol. The van der Waals surface area contributed by atoms with Crippen molar-refractivity contribution in [2.24, 2.45) is 4.99 Å². The van der Waals surface area contributed by atoms with Gasteiger partial charge in [0.15, 0.2) is 5.17 Å². The van der Waals surface area contributed by atoms with Crippen molar-refractivity contribution < 1.29 is 9.53 Å². The smallest absolute Gasteiger partial charge is 0.286 e. The van der Waals surface area contributed by atoms with Crippen LogP contribution in [0, 0.1) is 6.92 Å². The van der Waals surface area contributed by atoms with Crippen molar-refractivity contribution in [1.82, 2.24) is 4.90 Å². The molecule has 3 aromatic carbocycles. The summed E-state index contributed by atoms with van der Waals surface area (Å²) in [6.45, 7) is 5.84. The molecule has 3 aromatic rings. The van der Waals surface area contributed by atoms with Gasteiger partial charge in [-0.3, -0.25) is 4.79 Å². The molecule has 7 heteroatoms. The van der Waals surface area contributed by atoms with E-state index >= 15 is 0 Å². The Kier molecular flexibility index (Phi) is 7.11. The van der Waals surface area contributed by atoms with Gasteiger partial charge in [-0.05, 0) is 54.6 Å². The molecule has 1 amide bonds. The highest BCUT2D eigenvalue weighted by molar-refractivity contribution is 8.18. The summed E-state index contributed by atoms with van der Waals surface area (Å²) in [5.74, 6) is 0.549. The number of amides is 1. The number of hydrogen-bond donors (Lipinski definition) is 0. The number of ether oxygens (including phenoxy) is 1. The van der Waals surface area contributed by atoms with E-state index in [4.69, 9.17) is 16.3 Å². The Labute approximate surface area is 215 Å². The molecule has 0 saturated carbocycles. The van der Waals surface area contributed by atoms with Gasteiger partial charge in [0, 0.05) is 42.5 Å². The van der Waals surface area contributed by atoms with Crippen LogP contribution in [-0.2, 0) is 11.4 Å². The SMILES string of the molecule is Cc1ccc(COc2ccccc2/C=C2\SC(N3CCN(c4cccc(Cl)c4)CC3)=NC2=O)cc1. The summed E-state index contributed by atoms with van der Waals surface area (Å²) in [6, 6.07) is 24.0. The fourth-order valence-corrected chi connectivity index (χ4v) is 5.22. The zero-order valence-corrected chi connectivity index (χ0v) is 21.1. The van der Waals surface area contributed by atoms with E-state index in [1.807, 2.05) is 48.5 Å². The largest absolute Gasteiger partial charge is 0.488 e. The Morgan fingerprint density at radius 1 is 0.971 bits per heavy atom. The van der Waals surface area contributed by atoms with Crippen LogP contribution in [0.15, 0.2) is 82.7 Å². The maximum Gasteiger partial charge on any atom is 0.286 e. The third-order valence-electron chi connectivity index (χ3n) is 6.05. The fourth-order valence-electron chi connectivity index (χ4n) is 4.08. The quantitative estimate of drug-likeness (QED) is 0.398. The zero-order chi connectivity index (χ0) is 24.2. The Bertz CT molecular complexity index is 1280. The van der Waals surface area contributed by atoms with Crippen LogP contribution in [0.25, 0.3) is 6.08 Å². The molecule has 35 heavy (non-hydrogen) atoms. The Hall–Kier alpha value is -3.22. The number of aliphatic imine (C=N–C) groups is 1. The van der Waals surface area contributed by atoms with Gasteiger partial charge in [-0.2, -0.15) is 4.99 Å². The van der Waals surface area contributed by atoms with Gasteiger partial charge in [0.05, 0.1) is 4.91 Å². The molecule has 0 bridgehead atoms. The van der Waals surface area contributed by atoms with Gasteiger partial charge in [-0.1, -0.05) is 65.7 Å². The van der Waals surface area contributed by atoms with Crippen LogP contribution in [0.2, 0.25) is 5.02 Å². The lowest BCUT2D eigenvalue weighted by Gasteiger charge is -2.36. The lowest BCUT2D eigenvalue weighted by molar-refractivity contribution is -0.113. The van der Waals surface area contributed by atoms with E-state index in [1.54, 1.807) is 0 Å². The minimum Gasteiger partial charge on any atom is -0.488 e. The molecule has 0 N–H and O–H groups in total. The Balaban J connectivity index is 1.23. The number of amidine groups is 1. The van der Waals surface area contributed by atoms with Crippen molar-refractivity contribution in [3.63, 3.8) is 0 Å². The second-order valence-electron chi connectivity index (χ2n) is 8.58. The van der Waals surface area contributed by atoms with Gasteiger partial charge in [-0.25, -0.2) is 0 Å². The zero-order valence-electron chi connectivity index (χ0n) is 19.5. The number of carbonyl (C=O) groups excluding carboxylic acids is 1. The van der Waals surface area contributed by atoms with Crippen LogP contribution in [0.5, 0.6) is 5.75 Å². The van der Waals surface area contributed by atoms with Crippen molar-refractivity contribution in [3.8, 4) is 5.75 Å². The summed E-state index contributed by atoms with van der Waals surface area (Å²) < 4.78 is 6.09. The highest BCUT2D eigenvalue weighted by atomic mass is 35.5. The van der Waals surface area contributed by atoms with Crippen molar-refractivity contribution in [1.29, 1.82) is 0 Å². The molecule has 0 radical (unpaired) electrons. The topological polar surface area (TPSA) is 45.1 Å². The minimum absolute atomic E-state index is 0.199. The number of hydrogen-bond acceptors (Lipinski definition) is 5. The van der Waals surface area contributed by atoms with Gasteiger partial charge in [0.2, 0.25) is 0 Å². The number of piperazine rings is 1. The first-order chi connectivity index (χ1) is 17.0. The summed E-state index contributed by atoms with van der Waals surface area (Å²) in [5.41, 5.74) is 4.32. The molecule has 2 heterocycles. The van der Waals surface area contributed by atoms with Gasteiger partial charge in [-0.15, -0.1) is 0 Å². The molecule has 5 rings (SSSR count). The van der Waals surface area contributed by atoms with Crippen LogP contribution < -0.4 is 9.64 Å². The van der Waals surface area contributed by atoms with Gasteiger partial charge >= 0.3 is 0 Å². The maximum absolute atomic E-state index is 12.7. The van der Waals surface area contributed by atoms with Gasteiger partial charge in [0.1, 0.15) is 12.4 Å². The van der Waals surface area contributed by atoms with Crippen LogP contribution in [0.4, 0.5) is 5.69 Å². The van der Waals surface area contributed by atoms with Crippen LogP contribution in [0.3, 0.4) is 0 Å². The molecule has 0 unspecified atom stereocenters. The minimum atomic E-state index is -0.199. The van der Waals surface area contributed by atoms with Crippen molar-refractivity contribution in [2.75, 3.05) is 31.1 Å². The number of nitrogens with zero attached hydrogens (tertiary/aromatic N) is 3. The lowest BCUT2D eigenvalue weighted by atomic mass is 10.1. The molecule has 2 aliphatic rings. The number of aryl methyl sites for hydroxylation is 1. The first-order valence-electron chi connectivity index (χ1n) is 11.6. The summed E-state index contributed by atoms with van der Waals surface area (Å²) in [7, 11) is 0. The first-order valence-corrected chi connectivity index (χ1v) is 12.8. The molecule has 0 aliphatic carbocycles. The second kappa shape index (κ2) is 10.6. The van der Waals surface area contributed by atoms with E-state index in [0.717, 1.165) is 58.9 Å². The number of benzene rings is 3. The van der Waals surface area contributed by atoms with Crippen LogP contribution >= 0.6 is 23.4 Å². The predicted octanol–water partition coefficient (Wildman–Crippen LogP) is 6.02. The van der Waals surface area contributed by atoms with Gasteiger partial charge < -0.3 is 14.5 Å². The molecular formula is C28H26ClN3O2S. The number of para-hydroxylation sites is 1. The summed E-state index contributed by atoms with van der Waals surface area (Å²) in [4.78, 5) is 22.2. The van der Waals surface area contributed by atoms with Crippen LogP contribution in [-0.4, -0.2) is 42.2 Å². The average Bonchev–Trinajstić information content (AvgIpc) is 3.24. The maximum atomic E-state index is 12.7. The third kappa shape index (κ3) is 5.72. The molecule has 0 atom stereocenters. The summed E-state index contributed by atoms with van der Waals surface area (Å²) in [5, 5.41) is 1.51. The van der Waals surface area contributed by atoms with E-state index in [9.17, 15) is 4.79 Å². The molecule has 1 fully saturated rings. The molecule has 1 saturated heterocycles. The van der Waals surface area contributed by atoms with E-state index in [1.165, 1.54) is 17.3 Å². The fraction of sp³-hybridized carbons (Fsp3) is 0.214. The standard InChI is InChI=1S/C28H26ClN3O2S/c1-20-9-11-21(12-10-20)19-34-25-8-3-2-5-22(25)17-26-27(33)30-28(35-26)32-15-13-31(14-16-32)24-7-4-6-23(29)18-24/h2-12,17-18H,13-16,19H2,1H3/b26-17-. The Morgan fingerprint density at radius 3 is 2.49 bits per heavy atom.